The summed E-state index contributed by atoms with van der Waals surface area (Å²) in [6, 6.07) is 11.8. The highest BCUT2D eigenvalue weighted by molar-refractivity contribution is 6.02. The number of alkyl halides is 3. The molecule has 0 saturated heterocycles. The number of nitrogens with one attached hydrogen (secondary N) is 2. The lowest BCUT2D eigenvalue weighted by atomic mass is 10.0. The average molecular weight is 556 g/mol. The zero-order chi connectivity index (χ0) is 28.9. The number of ether oxygens (including phenoxy) is 1. The van der Waals surface area contributed by atoms with E-state index in [9.17, 15) is 27.6 Å². The predicted molar refractivity (Wildman–Crippen MR) is 139 cm³/mol. The van der Waals surface area contributed by atoms with Crippen LogP contribution >= 0.6 is 0 Å². The molecule has 9 nitrogen and oxygen atoms in total. The molecule has 2 N–H and O–H groups in total. The maximum Gasteiger partial charge on any atom is 0.573 e. The molecule has 4 rings (SSSR count). The molecule has 3 amide bonds. The number of halogens is 3. The van der Waals surface area contributed by atoms with E-state index in [0.717, 1.165) is 17.3 Å². The monoisotopic (exact) mass is 555 g/mol. The Kier molecular flexibility index (Phi) is 8.66. The van der Waals surface area contributed by atoms with Crippen molar-refractivity contribution in [3.05, 3.63) is 83.9 Å². The molecule has 0 unspecified atom stereocenters. The minimum Gasteiger partial charge on any atom is -0.406 e. The Morgan fingerprint density at radius 2 is 1.73 bits per heavy atom. The molecule has 0 aliphatic carbocycles. The molecule has 2 atom stereocenters. The Morgan fingerprint density at radius 1 is 1.05 bits per heavy atom. The summed E-state index contributed by atoms with van der Waals surface area (Å²) in [5.41, 5.74) is 1.73. The van der Waals surface area contributed by atoms with Gasteiger partial charge in [0, 0.05) is 30.5 Å². The van der Waals surface area contributed by atoms with Crippen LogP contribution in [0.3, 0.4) is 0 Å². The Labute approximate surface area is 228 Å². The van der Waals surface area contributed by atoms with Crippen LogP contribution in [0.2, 0.25) is 0 Å². The van der Waals surface area contributed by atoms with Gasteiger partial charge in [-0.05, 0) is 56.0 Å². The van der Waals surface area contributed by atoms with E-state index < -0.39 is 36.0 Å². The van der Waals surface area contributed by atoms with E-state index in [1.165, 1.54) is 36.7 Å². The van der Waals surface area contributed by atoms with Crippen molar-refractivity contribution in [1.82, 2.24) is 20.6 Å². The fourth-order valence-electron chi connectivity index (χ4n) is 4.57. The number of carbonyl (C=O) groups excluding carboxylic acids is 3. The van der Waals surface area contributed by atoms with E-state index in [0.29, 0.717) is 12.8 Å². The molecule has 210 valence electrons. The number of para-hydroxylation sites is 2. The fraction of sp³-hybridized carbons (Fsp3) is 0.321. The molecule has 1 aliphatic rings. The van der Waals surface area contributed by atoms with E-state index in [1.54, 1.807) is 4.90 Å². The molecule has 2 aromatic carbocycles. The molecule has 12 heteroatoms. The Morgan fingerprint density at radius 3 is 2.42 bits per heavy atom. The third-order valence-electron chi connectivity index (χ3n) is 6.33. The highest BCUT2D eigenvalue weighted by Crippen LogP contribution is 2.29. The predicted octanol–water partition coefficient (Wildman–Crippen LogP) is 3.59. The summed E-state index contributed by atoms with van der Waals surface area (Å²) in [7, 11) is 0. The number of carbonyl (C=O) groups is 3. The molecule has 0 radical (unpaired) electrons. The molecule has 1 aliphatic heterocycles. The Balaban J connectivity index is 1.61. The smallest absolute Gasteiger partial charge is 0.406 e. The van der Waals surface area contributed by atoms with Crippen LogP contribution in [0.1, 0.15) is 42.0 Å². The second-order valence-corrected chi connectivity index (χ2v) is 9.49. The number of aromatic nitrogens is 2. The number of amides is 3. The van der Waals surface area contributed by atoms with Gasteiger partial charge in [0.15, 0.2) is 0 Å². The van der Waals surface area contributed by atoms with Gasteiger partial charge in [-0.2, -0.15) is 0 Å². The van der Waals surface area contributed by atoms with Gasteiger partial charge in [-0.25, -0.2) is 9.97 Å². The molecule has 0 fully saturated rings. The van der Waals surface area contributed by atoms with Crippen LogP contribution in [-0.4, -0.2) is 52.2 Å². The van der Waals surface area contributed by atoms with E-state index in [4.69, 9.17) is 0 Å². The van der Waals surface area contributed by atoms with E-state index in [2.05, 4.69) is 25.3 Å². The standard InChI is InChI=1S/C28H28F3N5O4/c1-17(2)36-22-10-5-3-8-18(22)12-13-20(27(36)39)34-25(37)21(35-26(38)24-32-14-7-15-33-24)16-19-9-4-6-11-23(19)40-28(29,30)31/h3-11,14-15,17,20-21H,12-13,16H2,1-2H3,(H,34,37)(H,35,38)/t20-,21-/m1/s1. The molecule has 2 heterocycles. The molecular weight excluding hydrogens is 527 g/mol. The first-order valence-corrected chi connectivity index (χ1v) is 12.7. The van der Waals surface area contributed by atoms with Crippen molar-refractivity contribution in [2.75, 3.05) is 4.90 Å². The topological polar surface area (TPSA) is 114 Å². The van der Waals surface area contributed by atoms with Crippen LogP contribution in [0.25, 0.3) is 0 Å². The lowest BCUT2D eigenvalue weighted by molar-refractivity contribution is -0.274. The normalized spacial score (nSPS) is 16.1. The number of fused-ring (bicyclic) bond motifs is 1. The molecule has 0 bridgehead atoms. The van der Waals surface area contributed by atoms with Crippen LogP contribution in [0, 0.1) is 0 Å². The zero-order valence-electron chi connectivity index (χ0n) is 21.8. The first-order chi connectivity index (χ1) is 19.0. The van der Waals surface area contributed by atoms with Gasteiger partial charge in [0.1, 0.15) is 17.8 Å². The molecule has 1 aromatic heterocycles. The van der Waals surface area contributed by atoms with Crippen molar-refractivity contribution in [3.63, 3.8) is 0 Å². The van der Waals surface area contributed by atoms with Crippen LogP contribution in [-0.2, 0) is 22.4 Å². The second-order valence-electron chi connectivity index (χ2n) is 9.49. The molecule has 0 spiro atoms. The zero-order valence-corrected chi connectivity index (χ0v) is 21.8. The summed E-state index contributed by atoms with van der Waals surface area (Å²) >= 11 is 0. The van der Waals surface area contributed by atoms with Gasteiger partial charge in [-0.1, -0.05) is 36.4 Å². The maximum atomic E-state index is 13.6. The largest absolute Gasteiger partial charge is 0.573 e. The number of benzene rings is 2. The van der Waals surface area contributed by atoms with Gasteiger partial charge >= 0.3 is 6.36 Å². The van der Waals surface area contributed by atoms with Crippen molar-refractivity contribution >= 4 is 23.4 Å². The summed E-state index contributed by atoms with van der Waals surface area (Å²) in [5.74, 6) is -2.62. The van der Waals surface area contributed by atoms with Crippen LogP contribution in [0.15, 0.2) is 67.0 Å². The first kappa shape index (κ1) is 28.5. The quantitative estimate of drug-likeness (QED) is 0.439. The van der Waals surface area contributed by atoms with Crippen molar-refractivity contribution in [1.29, 1.82) is 0 Å². The summed E-state index contributed by atoms with van der Waals surface area (Å²) in [4.78, 5) is 49.4. The average Bonchev–Trinajstić information content (AvgIpc) is 3.05. The summed E-state index contributed by atoms with van der Waals surface area (Å²) in [6.07, 6.45) is -1.84. The Hall–Kier alpha value is -4.48. The number of rotatable bonds is 8. The minimum atomic E-state index is -4.96. The highest BCUT2D eigenvalue weighted by atomic mass is 19.4. The lowest BCUT2D eigenvalue weighted by Gasteiger charge is -2.30. The van der Waals surface area contributed by atoms with Crippen LogP contribution < -0.4 is 20.3 Å². The SMILES string of the molecule is CC(C)N1C(=O)[C@H](NC(=O)[C@@H](Cc2ccccc2OC(F)(F)F)NC(=O)c2ncccn2)CCc2ccccc21. The number of anilines is 1. The van der Waals surface area contributed by atoms with Gasteiger partial charge in [-0.3, -0.25) is 14.4 Å². The van der Waals surface area contributed by atoms with Crippen molar-refractivity contribution in [3.8, 4) is 5.75 Å². The molecular formula is C28H28F3N5O4. The number of hydrogen-bond acceptors (Lipinski definition) is 6. The van der Waals surface area contributed by atoms with Gasteiger partial charge in [0.2, 0.25) is 17.6 Å². The second kappa shape index (κ2) is 12.1. The number of aryl methyl sites for hydroxylation is 1. The summed E-state index contributed by atoms with van der Waals surface area (Å²) in [6.45, 7) is 3.72. The summed E-state index contributed by atoms with van der Waals surface area (Å²) < 4.78 is 43.2. The van der Waals surface area contributed by atoms with E-state index in [-0.39, 0.29) is 29.8 Å². The minimum absolute atomic E-state index is 0.0256. The number of hydrogen-bond donors (Lipinski definition) is 2. The fourth-order valence-corrected chi connectivity index (χ4v) is 4.57. The lowest BCUT2D eigenvalue weighted by Crippen LogP contribution is -2.55. The molecule has 0 saturated carbocycles. The molecule has 3 aromatic rings. The number of nitrogens with zero attached hydrogens (tertiary/aromatic N) is 3. The molecule has 40 heavy (non-hydrogen) atoms. The van der Waals surface area contributed by atoms with E-state index in [1.807, 2.05) is 38.1 Å². The van der Waals surface area contributed by atoms with Gasteiger partial charge in [0.05, 0.1) is 0 Å². The van der Waals surface area contributed by atoms with Gasteiger partial charge < -0.3 is 20.3 Å². The van der Waals surface area contributed by atoms with Crippen LogP contribution in [0.4, 0.5) is 18.9 Å². The maximum absolute atomic E-state index is 13.6. The van der Waals surface area contributed by atoms with Crippen LogP contribution in [0.5, 0.6) is 5.75 Å². The van der Waals surface area contributed by atoms with E-state index >= 15 is 0 Å². The van der Waals surface area contributed by atoms with Gasteiger partial charge in [0.25, 0.3) is 5.91 Å². The highest BCUT2D eigenvalue weighted by Gasteiger charge is 2.36. The summed E-state index contributed by atoms with van der Waals surface area (Å²) in [5, 5.41) is 5.23. The van der Waals surface area contributed by atoms with Gasteiger partial charge in [-0.15, -0.1) is 13.2 Å². The third kappa shape index (κ3) is 6.93. The van der Waals surface area contributed by atoms with Crippen molar-refractivity contribution in [2.24, 2.45) is 0 Å². The first-order valence-electron chi connectivity index (χ1n) is 12.7. The third-order valence-corrected chi connectivity index (χ3v) is 6.33. The van der Waals surface area contributed by atoms with Crippen molar-refractivity contribution in [2.45, 2.75) is 57.6 Å². The Bertz CT molecular complexity index is 1370. The van der Waals surface area contributed by atoms with Crippen molar-refractivity contribution < 1.29 is 32.3 Å².